The van der Waals surface area contributed by atoms with Crippen LogP contribution in [0.25, 0.3) is 11.0 Å². The van der Waals surface area contributed by atoms with E-state index in [-0.39, 0.29) is 42.5 Å². The van der Waals surface area contributed by atoms with Gasteiger partial charge in [0.25, 0.3) is 0 Å². The summed E-state index contributed by atoms with van der Waals surface area (Å²) in [5, 5.41) is 0.639. The van der Waals surface area contributed by atoms with Gasteiger partial charge in [-0.3, -0.25) is 0 Å². The van der Waals surface area contributed by atoms with E-state index in [1.165, 1.54) is 28.6 Å². The second-order valence-electron chi connectivity index (χ2n) is 7.24. The minimum atomic E-state index is -3.66. The summed E-state index contributed by atoms with van der Waals surface area (Å²) in [6.45, 7) is 2.91. The van der Waals surface area contributed by atoms with Crippen LogP contribution in [0.1, 0.15) is 33.4 Å². The Morgan fingerprint density at radius 1 is 0.970 bits per heavy atom. The van der Waals surface area contributed by atoms with E-state index in [1.54, 1.807) is 31.2 Å². The molecule has 0 saturated carbocycles. The smallest absolute Gasteiger partial charge is 0.374 e. The minimum absolute atomic E-state index is 0.0159. The molecule has 0 unspecified atom stereocenters. The predicted molar refractivity (Wildman–Crippen MR) is 117 cm³/mol. The summed E-state index contributed by atoms with van der Waals surface area (Å²) in [6, 6.07) is 12.6. The SMILES string of the molecule is CCOC(=O)c1oc2ccccc2c1COC(=O)c1ccc(S(=O)(=O)N2CCOCC2)cc1. The maximum atomic E-state index is 12.7. The lowest BCUT2D eigenvalue weighted by molar-refractivity contribution is 0.0435. The fourth-order valence-corrected chi connectivity index (χ4v) is 4.93. The Kier molecular flexibility index (Phi) is 6.77. The fourth-order valence-electron chi connectivity index (χ4n) is 3.52. The minimum Gasteiger partial charge on any atom is -0.460 e. The number of nitrogens with zero attached hydrogens (tertiary/aromatic N) is 1. The molecule has 174 valence electrons. The van der Waals surface area contributed by atoms with Crippen molar-refractivity contribution in [3.05, 3.63) is 65.4 Å². The molecule has 4 rings (SSSR count). The predicted octanol–water partition coefficient (Wildman–Crippen LogP) is 2.99. The molecule has 0 aliphatic carbocycles. The average Bonchev–Trinajstić information content (AvgIpc) is 3.22. The molecule has 9 nitrogen and oxygen atoms in total. The second-order valence-corrected chi connectivity index (χ2v) is 9.18. The van der Waals surface area contributed by atoms with Crippen molar-refractivity contribution in [1.29, 1.82) is 0 Å². The summed E-state index contributed by atoms with van der Waals surface area (Å²) < 4.78 is 48.1. The molecule has 33 heavy (non-hydrogen) atoms. The summed E-state index contributed by atoms with van der Waals surface area (Å²) in [4.78, 5) is 25.0. The number of sulfonamides is 1. The van der Waals surface area contributed by atoms with Crippen molar-refractivity contribution in [3.8, 4) is 0 Å². The molecule has 0 amide bonds. The quantitative estimate of drug-likeness (QED) is 0.482. The monoisotopic (exact) mass is 473 g/mol. The molecule has 2 heterocycles. The van der Waals surface area contributed by atoms with Gasteiger partial charge in [0.05, 0.1) is 35.8 Å². The van der Waals surface area contributed by atoms with Gasteiger partial charge in [0.15, 0.2) is 0 Å². The molecule has 0 bridgehead atoms. The zero-order valence-electron chi connectivity index (χ0n) is 18.0. The van der Waals surface area contributed by atoms with Crippen molar-refractivity contribution >= 4 is 32.9 Å². The molecule has 2 aromatic carbocycles. The summed E-state index contributed by atoms with van der Waals surface area (Å²) >= 11 is 0. The molecule has 1 aromatic heterocycles. The maximum absolute atomic E-state index is 12.7. The number of para-hydroxylation sites is 1. The molecule has 1 aliphatic heterocycles. The third kappa shape index (κ3) is 4.77. The number of rotatable bonds is 7. The molecule has 0 spiro atoms. The van der Waals surface area contributed by atoms with E-state index < -0.39 is 22.0 Å². The van der Waals surface area contributed by atoms with Crippen LogP contribution in [0.4, 0.5) is 0 Å². The van der Waals surface area contributed by atoms with E-state index in [2.05, 4.69) is 0 Å². The van der Waals surface area contributed by atoms with Crippen molar-refractivity contribution in [2.75, 3.05) is 32.9 Å². The number of morpholine rings is 1. The standard InChI is InChI=1S/C23H23NO8S/c1-2-30-23(26)21-19(18-5-3-4-6-20(18)32-21)15-31-22(25)16-7-9-17(10-8-16)33(27,28)24-11-13-29-14-12-24/h3-10H,2,11-15H2,1H3. The van der Waals surface area contributed by atoms with Gasteiger partial charge in [-0.2, -0.15) is 4.31 Å². The Morgan fingerprint density at radius 3 is 2.36 bits per heavy atom. The lowest BCUT2D eigenvalue weighted by Gasteiger charge is -2.26. The normalized spacial score (nSPS) is 14.8. The van der Waals surface area contributed by atoms with Crippen molar-refractivity contribution in [3.63, 3.8) is 0 Å². The van der Waals surface area contributed by atoms with E-state index in [1.807, 2.05) is 0 Å². The molecule has 1 fully saturated rings. The highest BCUT2D eigenvalue weighted by Crippen LogP contribution is 2.28. The molecular formula is C23H23NO8S. The molecule has 10 heteroatoms. The molecule has 3 aromatic rings. The van der Waals surface area contributed by atoms with E-state index in [0.29, 0.717) is 29.7 Å². The second kappa shape index (κ2) is 9.74. The third-order valence-electron chi connectivity index (χ3n) is 5.20. The van der Waals surface area contributed by atoms with Crippen LogP contribution in [0.2, 0.25) is 0 Å². The van der Waals surface area contributed by atoms with Crippen molar-refractivity contribution in [2.45, 2.75) is 18.4 Å². The summed E-state index contributed by atoms with van der Waals surface area (Å²) in [7, 11) is -3.66. The van der Waals surface area contributed by atoms with Gasteiger partial charge in [-0.15, -0.1) is 0 Å². The number of ether oxygens (including phenoxy) is 3. The number of hydrogen-bond acceptors (Lipinski definition) is 8. The molecule has 0 radical (unpaired) electrons. The van der Waals surface area contributed by atoms with Crippen LogP contribution in [0, 0.1) is 0 Å². The number of carbonyl (C=O) groups is 2. The first-order valence-corrected chi connectivity index (χ1v) is 11.9. The highest BCUT2D eigenvalue weighted by molar-refractivity contribution is 7.89. The summed E-state index contributed by atoms with van der Waals surface area (Å²) in [5.41, 5.74) is 1.06. The number of hydrogen-bond donors (Lipinski definition) is 0. The Bertz CT molecular complexity index is 1260. The van der Waals surface area contributed by atoms with Crippen LogP contribution in [0.3, 0.4) is 0 Å². The van der Waals surface area contributed by atoms with Crippen LogP contribution in [-0.2, 0) is 30.8 Å². The number of furan rings is 1. The fraction of sp³-hybridized carbons (Fsp3) is 0.304. The van der Waals surface area contributed by atoms with Crippen LogP contribution in [-0.4, -0.2) is 57.6 Å². The number of esters is 2. The molecule has 1 aliphatic rings. The van der Waals surface area contributed by atoms with Gasteiger partial charge in [0.2, 0.25) is 15.8 Å². The molecule has 0 N–H and O–H groups in total. The van der Waals surface area contributed by atoms with Crippen LogP contribution in [0.5, 0.6) is 0 Å². The van der Waals surface area contributed by atoms with Gasteiger partial charge in [0.1, 0.15) is 12.2 Å². The van der Waals surface area contributed by atoms with Gasteiger partial charge in [0, 0.05) is 18.5 Å². The lowest BCUT2D eigenvalue weighted by Crippen LogP contribution is -2.40. The molecule has 1 saturated heterocycles. The van der Waals surface area contributed by atoms with E-state index in [4.69, 9.17) is 18.6 Å². The topological polar surface area (TPSA) is 112 Å². The number of carbonyl (C=O) groups excluding carboxylic acids is 2. The van der Waals surface area contributed by atoms with Crippen LogP contribution in [0.15, 0.2) is 57.8 Å². The van der Waals surface area contributed by atoms with Crippen molar-refractivity contribution < 1.29 is 36.6 Å². The number of benzene rings is 2. The highest BCUT2D eigenvalue weighted by Gasteiger charge is 2.27. The zero-order valence-corrected chi connectivity index (χ0v) is 18.8. The Balaban J connectivity index is 1.50. The Morgan fingerprint density at radius 2 is 1.67 bits per heavy atom. The van der Waals surface area contributed by atoms with E-state index >= 15 is 0 Å². The van der Waals surface area contributed by atoms with Gasteiger partial charge >= 0.3 is 11.9 Å². The lowest BCUT2D eigenvalue weighted by atomic mass is 10.1. The zero-order chi connectivity index (χ0) is 23.4. The first-order chi connectivity index (χ1) is 15.9. The van der Waals surface area contributed by atoms with Crippen molar-refractivity contribution in [2.24, 2.45) is 0 Å². The first kappa shape index (κ1) is 23.0. The van der Waals surface area contributed by atoms with Gasteiger partial charge in [-0.05, 0) is 37.3 Å². The maximum Gasteiger partial charge on any atom is 0.374 e. The highest BCUT2D eigenvalue weighted by atomic mass is 32.2. The van der Waals surface area contributed by atoms with Gasteiger partial charge < -0.3 is 18.6 Å². The van der Waals surface area contributed by atoms with Crippen LogP contribution >= 0.6 is 0 Å². The third-order valence-corrected chi connectivity index (χ3v) is 7.12. The van der Waals surface area contributed by atoms with Gasteiger partial charge in [-0.25, -0.2) is 18.0 Å². The average molecular weight is 474 g/mol. The largest absolute Gasteiger partial charge is 0.460 e. The Hall–Kier alpha value is -3.21. The van der Waals surface area contributed by atoms with E-state index in [9.17, 15) is 18.0 Å². The summed E-state index contributed by atoms with van der Waals surface area (Å²) in [5.74, 6) is -1.32. The van der Waals surface area contributed by atoms with Gasteiger partial charge in [-0.1, -0.05) is 18.2 Å². The Labute approximate surface area is 190 Å². The van der Waals surface area contributed by atoms with E-state index in [0.717, 1.165) is 0 Å². The molecular weight excluding hydrogens is 450 g/mol. The summed E-state index contributed by atoms with van der Waals surface area (Å²) in [6.07, 6.45) is 0. The molecule has 0 atom stereocenters. The number of fused-ring (bicyclic) bond motifs is 1. The first-order valence-electron chi connectivity index (χ1n) is 10.4. The van der Waals surface area contributed by atoms with Crippen LogP contribution < -0.4 is 0 Å². The van der Waals surface area contributed by atoms with Crippen molar-refractivity contribution in [1.82, 2.24) is 4.31 Å².